The Labute approximate surface area is 236 Å². The lowest BCUT2D eigenvalue weighted by Crippen LogP contribution is -2.44. The molecule has 1 atom stereocenters. The lowest BCUT2D eigenvalue weighted by molar-refractivity contribution is -0.165. The molecule has 1 saturated heterocycles. The normalized spacial score (nSPS) is 18.8. The summed E-state index contributed by atoms with van der Waals surface area (Å²) in [7, 11) is 1.69. The number of hydrogen-bond acceptors (Lipinski definition) is 5. The Hall–Kier alpha value is -3.87. The molecule has 0 radical (unpaired) electrons. The number of aromatic amines is 1. The largest absolute Gasteiger partial charge is 0.406 e. The van der Waals surface area contributed by atoms with Crippen LogP contribution in [0.15, 0.2) is 35.4 Å². The highest BCUT2D eigenvalue weighted by atomic mass is 35.5. The molecule has 2 aliphatic rings. The summed E-state index contributed by atoms with van der Waals surface area (Å²) >= 11 is 6.51. The molecule has 1 aromatic carbocycles. The van der Waals surface area contributed by atoms with Crippen LogP contribution in [0.3, 0.4) is 0 Å². The van der Waals surface area contributed by atoms with E-state index in [-0.39, 0.29) is 37.0 Å². The molecule has 5 heterocycles. The number of nitrogens with zero attached hydrogens (tertiary/aromatic N) is 6. The van der Waals surface area contributed by atoms with Gasteiger partial charge in [-0.2, -0.15) is 18.3 Å². The van der Waals surface area contributed by atoms with Crippen LogP contribution in [0.2, 0.25) is 5.02 Å². The lowest BCUT2D eigenvalue weighted by Gasteiger charge is -2.33. The van der Waals surface area contributed by atoms with Gasteiger partial charge in [0, 0.05) is 50.7 Å². The number of piperidine rings is 1. The van der Waals surface area contributed by atoms with E-state index in [1.165, 1.54) is 0 Å². The maximum absolute atomic E-state index is 13.5. The van der Waals surface area contributed by atoms with E-state index in [0.29, 0.717) is 64.1 Å². The predicted molar refractivity (Wildman–Crippen MR) is 144 cm³/mol. The van der Waals surface area contributed by atoms with Gasteiger partial charge in [-0.15, -0.1) is 0 Å². The summed E-state index contributed by atoms with van der Waals surface area (Å²) in [5.74, 6) is -2.00. The molecule has 0 bridgehead atoms. The Morgan fingerprint density at radius 2 is 1.98 bits per heavy atom. The van der Waals surface area contributed by atoms with Gasteiger partial charge in [0.2, 0.25) is 11.8 Å². The minimum atomic E-state index is -4.60. The Morgan fingerprint density at radius 1 is 1.22 bits per heavy atom. The summed E-state index contributed by atoms with van der Waals surface area (Å²) in [6.45, 7) is -0.957. The van der Waals surface area contributed by atoms with E-state index in [0.717, 1.165) is 4.90 Å². The minimum absolute atomic E-state index is 0.0903. The van der Waals surface area contributed by atoms with Crippen LogP contribution in [0, 0.1) is 5.92 Å². The molecule has 4 aromatic rings. The molecule has 2 amide bonds. The Morgan fingerprint density at radius 3 is 2.71 bits per heavy atom. The number of halogens is 4. The molecule has 0 spiro atoms. The van der Waals surface area contributed by atoms with Gasteiger partial charge >= 0.3 is 11.9 Å². The number of nitrogens with one attached hydrogen (secondary N) is 1. The van der Waals surface area contributed by atoms with Gasteiger partial charge in [0.15, 0.2) is 5.65 Å². The zero-order valence-electron chi connectivity index (χ0n) is 22.1. The molecule has 2 aliphatic heterocycles. The molecular formula is C27H27ClF3N7O3. The van der Waals surface area contributed by atoms with Crippen LogP contribution in [-0.4, -0.2) is 71.7 Å². The summed E-state index contributed by atoms with van der Waals surface area (Å²) in [4.78, 5) is 48.8. The number of fused-ring (bicyclic) bond motifs is 4. The molecule has 3 aromatic heterocycles. The summed E-state index contributed by atoms with van der Waals surface area (Å²) in [6, 6.07) is 5.09. The van der Waals surface area contributed by atoms with E-state index in [4.69, 9.17) is 11.6 Å². The second kappa shape index (κ2) is 10.2. The van der Waals surface area contributed by atoms with Crippen LogP contribution in [0.4, 0.5) is 13.2 Å². The summed E-state index contributed by atoms with van der Waals surface area (Å²) in [5.41, 5.74) is 2.69. The molecule has 216 valence electrons. The number of aryl methyl sites for hydroxylation is 1. The van der Waals surface area contributed by atoms with E-state index in [1.54, 1.807) is 45.7 Å². The number of aromatic nitrogens is 5. The minimum Gasteiger partial charge on any atom is -0.343 e. The Balaban J connectivity index is 1.22. The first kappa shape index (κ1) is 27.3. The van der Waals surface area contributed by atoms with Crippen molar-refractivity contribution in [3.63, 3.8) is 0 Å². The molecule has 0 saturated carbocycles. The first-order chi connectivity index (χ1) is 19.5. The zero-order chi connectivity index (χ0) is 29.1. The number of carbonyl (C=O) groups excluding carboxylic acids is 2. The van der Waals surface area contributed by atoms with Crippen molar-refractivity contribution >= 4 is 45.5 Å². The van der Waals surface area contributed by atoms with Gasteiger partial charge in [0.05, 0.1) is 28.2 Å². The van der Waals surface area contributed by atoms with Crippen molar-refractivity contribution in [3.8, 4) is 0 Å². The first-order valence-corrected chi connectivity index (χ1v) is 13.7. The molecular weight excluding hydrogens is 563 g/mol. The monoisotopic (exact) mass is 589 g/mol. The van der Waals surface area contributed by atoms with Crippen molar-refractivity contribution in [1.29, 1.82) is 0 Å². The van der Waals surface area contributed by atoms with Crippen molar-refractivity contribution in [3.05, 3.63) is 57.2 Å². The fourth-order valence-electron chi connectivity index (χ4n) is 6.22. The van der Waals surface area contributed by atoms with E-state index in [2.05, 4.69) is 15.1 Å². The summed E-state index contributed by atoms with van der Waals surface area (Å²) < 4.78 is 43.8. The van der Waals surface area contributed by atoms with Crippen molar-refractivity contribution in [1.82, 2.24) is 34.1 Å². The summed E-state index contributed by atoms with van der Waals surface area (Å²) in [6.07, 6.45) is -0.564. The lowest BCUT2D eigenvalue weighted by atomic mass is 9.92. The van der Waals surface area contributed by atoms with Crippen LogP contribution in [-0.2, 0) is 29.6 Å². The Kier molecular flexibility index (Phi) is 6.79. The number of alkyl halides is 3. The molecule has 41 heavy (non-hydrogen) atoms. The van der Waals surface area contributed by atoms with Crippen molar-refractivity contribution in [2.45, 2.75) is 44.4 Å². The van der Waals surface area contributed by atoms with Gasteiger partial charge in [0.1, 0.15) is 6.54 Å². The third kappa shape index (κ3) is 5.07. The fraction of sp³-hybridized carbons (Fsp3) is 0.444. The van der Waals surface area contributed by atoms with Gasteiger partial charge in [-0.05, 0) is 48.6 Å². The smallest absolute Gasteiger partial charge is 0.343 e. The standard InChI is InChI=1S/C27H27ClF3N7O3/c1-35-23-18(12-33-35)19-13-37(14-27(29,30)31)25(40)16(9-15(19)10-20(23)28)11-22(39)36-7-4-17(5-8-36)38-21-3-2-6-32-24(21)34-26(38)41/h2-3,6,10,12,16-17H,4-5,7-9,11,13-14H2,1H3,(H,32,34,41)/t16-/m0/s1. The highest BCUT2D eigenvalue weighted by molar-refractivity contribution is 6.35. The van der Waals surface area contributed by atoms with Crippen LogP contribution < -0.4 is 5.69 Å². The molecule has 0 unspecified atom stereocenters. The molecule has 1 N–H and O–H groups in total. The fourth-order valence-corrected chi connectivity index (χ4v) is 6.57. The van der Waals surface area contributed by atoms with Crippen LogP contribution >= 0.6 is 11.6 Å². The van der Waals surface area contributed by atoms with Gasteiger partial charge in [-0.25, -0.2) is 9.78 Å². The van der Waals surface area contributed by atoms with Gasteiger partial charge in [-0.1, -0.05) is 11.6 Å². The number of imidazole rings is 1. The second-order valence-electron chi connectivity index (χ2n) is 10.7. The number of amides is 2. The first-order valence-electron chi connectivity index (χ1n) is 13.3. The van der Waals surface area contributed by atoms with E-state index < -0.39 is 24.5 Å². The number of benzene rings is 1. The topological polar surface area (TPSA) is 109 Å². The average Bonchev–Trinajstić information content (AvgIpc) is 3.44. The van der Waals surface area contributed by atoms with Crippen molar-refractivity contribution < 1.29 is 22.8 Å². The maximum Gasteiger partial charge on any atom is 0.406 e. The molecule has 1 fully saturated rings. The van der Waals surface area contributed by atoms with Gasteiger partial charge in [0.25, 0.3) is 0 Å². The quantitative estimate of drug-likeness (QED) is 0.391. The average molecular weight is 590 g/mol. The molecule has 10 nitrogen and oxygen atoms in total. The van der Waals surface area contributed by atoms with Crippen LogP contribution in [0.5, 0.6) is 0 Å². The highest BCUT2D eigenvalue weighted by Gasteiger charge is 2.40. The number of H-pyrrole nitrogens is 1. The summed E-state index contributed by atoms with van der Waals surface area (Å²) in [5, 5.41) is 5.18. The van der Waals surface area contributed by atoms with Crippen molar-refractivity contribution in [2.75, 3.05) is 19.6 Å². The number of hydrogen-bond donors (Lipinski definition) is 1. The number of likely N-dealkylation sites (tertiary alicyclic amines) is 1. The highest BCUT2D eigenvalue weighted by Crippen LogP contribution is 2.36. The SMILES string of the molecule is Cn1ncc2c3c(cc(Cl)c21)C[C@@H](CC(=O)N1CCC(n2c(=O)[nH]c4ncccc42)CC1)C(=O)N(CC(F)(F)F)C3. The van der Waals surface area contributed by atoms with E-state index in [1.807, 2.05) is 6.07 Å². The third-order valence-corrected chi connectivity index (χ3v) is 8.41. The third-order valence-electron chi connectivity index (χ3n) is 8.12. The maximum atomic E-state index is 13.5. The van der Waals surface area contributed by atoms with Gasteiger partial charge < -0.3 is 9.80 Å². The number of carbonyl (C=O) groups is 2. The number of rotatable bonds is 4. The number of pyridine rings is 1. The van der Waals surface area contributed by atoms with Crippen LogP contribution in [0.1, 0.15) is 36.4 Å². The Bertz CT molecular complexity index is 1720. The second-order valence-corrected chi connectivity index (χ2v) is 11.1. The molecule has 6 rings (SSSR count). The molecule has 0 aliphatic carbocycles. The van der Waals surface area contributed by atoms with E-state index >= 15 is 0 Å². The van der Waals surface area contributed by atoms with Crippen molar-refractivity contribution in [2.24, 2.45) is 13.0 Å². The van der Waals surface area contributed by atoms with Gasteiger partial charge in [-0.3, -0.25) is 23.8 Å². The predicted octanol–water partition coefficient (Wildman–Crippen LogP) is 3.58. The van der Waals surface area contributed by atoms with E-state index in [9.17, 15) is 27.6 Å². The van der Waals surface area contributed by atoms with Crippen LogP contribution in [0.25, 0.3) is 22.1 Å². The zero-order valence-corrected chi connectivity index (χ0v) is 22.9. The molecule has 14 heteroatoms.